The normalized spacial score (nSPS) is 28.6. The number of β-amino-alcohol motifs (C(OH)–C–C–N with tert-alkyl or cyclic N) is 1. The lowest BCUT2D eigenvalue weighted by molar-refractivity contribution is -0.171. The number of likely N-dealkylation sites (tertiary alicyclic amines) is 1. The van der Waals surface area contributed by atoms with E-state index in [-0.39, 0.29) is 23.7 Å². The fourth-order valence-electron chi connectivity index (χ4n) is 4.07. The molecule has 1 aromatic rings. The maximum absolute atomic E-state index is 11.8. The number of piperidine rings is 1. The number of carbonyl (C=O) groups excluding carboxylic acids is 1. The van der Waals surface area contributed by atoms with E-state index in [1.54, 1.807) is 0 Å². The molecule has 7 heteroatoms. The second-order valence-electron chi connectivity index (χ2n) is 7.70. The van der Waals surface area contributed by atoms with Crippen molar-refractivity contribution in [3.8, 4) is 11.5 Å². The summed E-state index contributed by atoms with van der Waals surface area (Å²) in [5.74, 6) is 1.40. The Bertz CT molecular complexity index is 674. The summed E-state index contributed by atoms with van der Waals surface area (Å²) in [6.45, 7) is 5.09. The molecule has 1 aromatic carbocycles. The van der Waals surface area contributed by atoms with E-state index in [2.05, 4.69) is 10.2 Å². The average Bonchev–Trinajstić information content (AvgIpc) is 2.71. The minimum atomic E-state index is -0.622. The predicted molar refractivity (Wildman–Crippen MR) is 98.9 cm³/mol. The van der Waals surface area contributed by atoms with E-state index >= 15 is 0 Å². The van der Waals surface area contributed by atoms with E-state index in [0.717, 1.165) is 31.7 Å². The Hall–Kier alpha value is -1.83. The number of fused-ring (bicyclic) bond motifs is 1. The van der Waals surface area contributed by atoms with Crippen molar-refractivity contribution in [1.29, 1.82) is 0 Å². The highest BCUT2D eigenvalue weighted by molar-refractivity contribution is 5.81. The first-order valence-corrected chi connectivity index (χ1v) is 9.83. The summed E-state index contributed by atoms with van der Waals surface area (Å²) in [6.07, 6.45) is 1.05. The van der Waals surface area contributed by atoms with Gasteiger partial charge in [-0.25, -0.2) is 0 Å². The van der Waals surface area contributed by atoms with Crippen LogP contribution in [-0.4, -0.2) is 72.6 Å². The maximum Gasteiger partial charge on any atom is 0.249 e. The first-order valence-electron chi connectivity index (χ1n) is 9.83. The van der Waals surface area contributed by atoms with Crippen molar-refractivity contribution in [2.75, 3.05) is 32.8 Å². The number of para-hydroxylation sites is 2. The Labute approximate surface area is 159 Å². The van der Waals surface area contributed by atoms with Crippen LogP contribution in [0.25, 0.3) is 0 Å². The molecule has 0 saturated carbocycles. The van der Waals surface area contributed by atoms with Crippen LogP contribution in [0, 0.1) is 0 Å². The Kier molecular flexibility index (Phi) is 5.25. The van der Waals surface area contributed by atoms with E-state index in [9.17, 15) is 9.90 Å². The average molecular weight is 376 g/mol. The van der Waals surface area contributed by atoms with Crippen LogP contribution in [0.3, 0.4) is 0 Å². The van der Waals surface area contributed by atoms with Crippen LogP contribution < -0.4 is 14.8 Å². The number of nitrogens with zero attached hydrogens (tertiary/aromatic N) is 1. The second kappa shape index (κ2) is 7.66. The molecule has 0 aliphatic carbocycles. The van der Waals surface area contributed by atoms with Crippen molar-refractivity contribution in [2.24, 2.45) is 0 Å². The van der Waals surface area contributed by atoms with Gasteiger partial charge < -0.3 is 29.5 Å². The molecule has 1 amide bonds. The number of hydrogen-bond donors (Lipinski definition) is 2. The standard InChI is InChI=1S/C20H28N2O5/c1-2-15-19(24)21-13-20(27-15)7-9-22(10-8-20)11-14(23)18-12-25-16-5-3-4-6-17(16)26-18/h3-6,14-15,18,23H,2,7-13H2,1H3,(H,21,24). The maximum atomic E-state index is 11.8. The molecule has 2 fully saturated rings. The number of nitrogens with one attached hydrogen (secondary N) is 1. The van der Waals surface area contributed by atoms with Crippen LogP contribution in [0.1, 0.15) is 26.2 Å². The molecule has 2 saturated heterocycles. The molecular formula is C20H28N2O5. The number of ether oxygens (including phenoxy) is 3. The van der Waals surface area contributed by atoms with E-state index in [0.29, 0.717) is 31.9 Å². The molecule has 0 bridgehead atoms. The van der Waals surface area contributed by atoms with Gasteiger partial charge >= 0.3 is 0 Å². The number of morpholine rings is 1. The Morgan fingerprint density at radius 3 is 2.78 bits per heavy atom. The van der Waals surface area contributed by atoms with Gasteiger partial charge in [0.25, 0.3) is 0 Å². The fraction of sp³-hybridized carbons (Fsp3) is 0.650. The van der Waals surface area contributed by atoms with Crippen molar-refractivity contribution in [3.63, 3.8) is 0 Å². The van der Waals surface area contributed by atoms with Crippen LogP contribution in [0.2, 0.25) is 0 Å². The van der Waals surface area contributed by atoms with Crippen LogP contribution >= 0.6 is 0 Å². The molecule has 27 heavy (non-hydrogen) atoms. The van der Waals surface area contributed by atoms with Gasteiger partial charge in [0, 0.05) is 26.2 Å². The highest BCUT2D eigenvalue weighted by atomic mass is 16.6. The molecule has 7 nitrogen and oxygen atoms in total. The molecule has 0 aromatic heterocycles. The zero-order chi connectivity index (χ0) is 18.9. The molecule has 3 heterocycles. The third-order valence-corrected chi connectivity index (χ3v) is 5.81. The molecule has 2 N–H and O–H groups in total. The quantitative estimate of drug-likeness (QED) is 0.814. The van der Waals surface area contributed by atoms with Crippen molar-refractivity contribution in [1.82, 2.24) is 10.2 Å². The van der Waals surface area contributed by atoms with Gasteiger partial charge in [0.1, 0.15) is 18.8 Å². The second-order valence-corrected chi connectivity index (χ2v) is 7.70. The molecular weight excluding hydrogens is 348 g/mol. The Balaban J connectivity index is 1.29. The van der Waals surface area contributed by atoms with Gasteiger partial charge in [0.05, 0.1) is 5.60 Å². The number of carbonyl (C=O) groups is 1. The fourth-order valence-corrected chi connectivity index (χ4v) is 4.07. The largest absolute Gasteiger partial charge is 0.486 e. The van der Waals surface area contributed by atoms with E-state index in [4.69, 9.17) is 14.2 Å². The van der Waals surface area contributed by atoms with Crippen LogP contribution in [-0.2, 0) is 9.53 Å². The number of amides is 1. The number of aliphatic hydroxyl groups is 1. The molecule has 148 valence electrons. The van der Waals surface area contributed by atoms with Crippen molar-refractivity contribution >= 4 is 5.91 Å². The Morgan fingerprint density at radius 2 is 2.04 bits per heavy atom. The summed E-state index contributed by atoms with van der Waals surface area (Å²) in [7, 11) is 0. The minimum absolute atomic E-state index is 0.00398. The molecule has 3 unspecified atom stereocenters. The van der Waals surface area contributed by atoms with Gasteiger partial charge in [-0.05, 0) is 31.4 Å². The SMILES string of the molecule is CCC1OC2(CCN(CC(O)C3COc4ccccc4O3)CC2)CNC1=O. The molecule has 3 aliphatic heterocycles. The van der Waals surface area contributed by atoms with E-state index < -0.39 is 6.10 Å². The first kappa shape index (κ1) is 18.5. The van der Waals surface area contributed by atoms with Crippen molar-refractivity contribution < 1.29 is 24.1 Å². The lowest BCUT2D eigenvalue weighted by Gasteiger charge is -2.46. The summed E-state index contributed by atoms with van der Waals surface area (Å²) < 4.78 is 17.8. The third-order valence-electron chi connectivity index (χ3n) is 5.81. The summed E-state index contributed by atoms with van der Waals surface area (Å²) >= 11 is 0. The van der Waals surface area contributed by atoms with Crippen LogP contribution in [0.5, 0.6) is 11.5 Å². The van der Waals surface area contributed by atoms with Gasteiger partial charge in [0.2, 0.25) is 5.91 Å². The molecule has 3 aliphatic rings. The van der Waals surface area contributed by atoms with Crippen molar-refractivity contribution in [3.05, 3.63) is 24.3 Å². The zero-order valence-corrected chi connectivity index (χ0v) is 15.7. The first-order chi connectivity index (χ1) is 13.1. The Morgan fingerprint density at radius 1 is 1.30 bits per heavy atom. The number of rotatable bonds is 4. The molecule has 3 atom stereocenters. The van der Waals surface area contributed by atoms with E-state index in [1.165, 1.54) is 0 Å². The monoisotopic (exact) mass is 376 g/mol. The lowest BCUT2D eigenvalue weighted by atomic mass is 9.88. The van der Waals surface area contributed by atoms with Crippen LogP contribution in [0.15, 0.2) is 24.3 Å². The van der Waals surface area contributed by atoms with E-state index in [1.807, 2.05) is 31.2 Å². The van der Waals surface area contributed by atoms with Gasteiger partial charge in [0.15, 0.2) is 17.6 Å². The third kappa shape index (κ3) is 3.90. The number of aliphatic hydroxyl groups excluding tert-OH is 1. The van der Waals surface area contributed by atoms with Crippen molar-refractivity contribution in [2.45, 2.75) is 50.1 Å². The topological polar surface area (TPSA) is 80.3 Å². The zero-order valence-electron chi connectivity index (χ0n) is 15.7. The van der Waals surface area contributed by atoms with Gasteiger partial charge in [-0.15, -0.1) is 0 Å². The molecule has 0 radical (unpaired) electrons. The summed E-state index contributed by atoms with van der Waals surface area (Å²) in [6, 6.07) is 7.53. The highest BCUT2D eigenvalue weighted by Crippen LogP contribution is 2.33. The van der Waals surface area contributed by atoms with Crippen LogP contribution in [0.4, 0.5) is 0 Å². The van der Waals surface area contributed by atoms with Gasteiger partial charge in [-0.3, -0.25) is 4.79 Å². The number of benzene rings is 1. The molecule has 1 spiro atoms. The smallest absolute Gasteiger partial charge is 0.249 e. The summed E-state index contributed by atoms with van der Waals surface area (Å²) in [5.41, 5.74) is -0.264. The highest BCUT2D eigenvalue weighted by Gasteiger charge is 2.43. The van der Waals surface area contributed by atoms with Gasteiger partial charge in [-0.2, -0.15) is 0 Å². The number of hydrogen-bond acceptors (Lipinski definition) is 6. The lowest BCUT2D eigenvalue weighted by Crippen LogP contribution is -2.61. The minimum Gasteiger partial charge on any atom is -0.486 e. The van der Waals surface area contributed by atoms with Gasteiger partial charge in [-0.1, -0.05) is 19.1 Å². The summed E-state index contributed by atoms with van der Waals surface area (Å²) in [5, 5.41) is 13.6. The summed E-state index contributed by atoms with van der Waals surface area (Å²) in [4.78, 5) is 14.1. The molecule has 4 rings (SSSR count). The predicted octanol–water partition coefficient (Wildman–Crippen LogP) is 0.947.